The van der Waals surface area contributed by atoms with Crippen molar-refractivity contribution < 1.29 is 13.9 Å². The summed E-state index contributed by atoms with van der Waals surface area (Å²) >= 11 is 0. The zero-order valence-corrected chi connectivity index (χ0v) is 17.0. The van der Waals surface area contributed by atoms with E-state index in [1.807, 2.05) is 6.92 Å². The third-order valence-corrected chi connectivity index (χ3v) is 4.92. The minimum atomic E-state index is 0.211. The first-order chi connectivity index (χ1) is 14.5. The summed E-state index contributed by atoms with van der Waals surface area (Å²) in [5.74, 6) is 2.97. The van der Waals surface area contributed by atoms with Crippen LogP contribution in [0.4, 0.5) is 11.5 Å². The van der Waals surface area contributed by atoms with Gasteiger partial charge in [0, 0.05) is 44.3 Å². The first-order valence-corrected chi connectivity index (χ1v) is 9.68. The predicted octanol–water partition coefficient (Wildman–Crippen LogP) is 2.36. The molecule has 0 aliphatic carbocycles. The van der Waals surface area contributed by atoms with Gasteiger partial charge in [-0.05, 0) is 18.2 Å². The standard InChI is InChI=1S/C21H24N6O3/c1-13-26-18-11-27(6-5-19(18)30-13)20-10-17(24-12-25-20)21(23)15-9-14(3-4-16(15)22)29-8-7-28-2/h3-4,9-10,12,23H,5-8,11,22H2,1-2H3. The van der Waals surface area contributed by atoms with Crippen molar-refractivity contribution >= 4 is 17.2 Å². The highest BCUT2D eigenvalue weighted by molar-refractivity contribution is 6.13. The minimum Gasteiger partial charge on any atom is -0.491 e. The Bertz CT molecular complexity index is 1060. The Morgan fingerprint density at radius 1 is 1.27 bits per heavy atom. The number of anilines is 2. The predicted molar refractivity (Wildman–Crippen MR) is 112 cm³/mol. The molecule has 9 nitrogen and oxygen atoms in total. The van der Waals surface area contributed by atoms with Crippen molar-refractivity contribution in [3.63, 3.8) is 0 Å². The van der Waals surface area contributed by atoms with Crippen LogP contribution in [0.15, 0.2) is 35.0 Å². The van der Waals surface area contributed by atoms with Crippen LogP contribution in [0.25, 0.3) is 0 Å². The average Bonchev–Trinajstić information content (AvgIpc) is 3.14. The van der Waals surface area contributed by atoms with Crippen LogP contribution in [0, 0.1) is 12.3 Å². The van der Waals surface area contributed by atoms with Gasteiger partial charge in [-0.25, -0.2) is 15.0 Å². The van der Waals surface area contributed by atoms with Crippen LogP contribution in [0.1, 0.15) is 28.6 Å². The van der Waals surface area contributed by atoms with Gasteiger partial charge in [0.2, 0.25) is 0 Å². The first-order valence-electron chi connectivity index (χ1n) is 9.68. The molecule has 0 spiro atoms. The molecule has 2 aromatic heterocycles. The van der Waals surface area contributed by atoms with Crippen LogP contribution in [0.3, 0.4) is 0 Å². The van der Waals surface area contributed by atoms with Gasteiger partial charge in [0.15, 0.2) is 5.89 Å². The number of benzene rings is 1. The van der Waals surface area contributed by atoms with Crippen LogP contribution in [0.5, 0.6) is 5.75 Å². The molecule has 0 saturated heterocycles. The number of aromatic nitrogens is 3. The summed E-state index contributed by atoms with van der Waals surface area (Å²) in [6, 6.07) is 7.06. The van der Waals surface area contributed by atoms with E-state index in [-0.39, 0.29) is 5.71 Å². The highest BCUT2D eigenvalue weighted by Gasteiger charge is 2.23. The SMILES string of the molecule is COCCOc1ccc(N)c(C(=N)c2cc(N3CCc4oc(C)nc4C3)ncn2)c1. The zero-order chi connectivity index (χ0) is 21.1. The molecule has 1 aliphatic rings. The second kappa shape index (κ2) is 8.50. The molecule has 0 unspecified atom stereocenters. The molecule has 0 radical (unpaired) electrons. The Labute approximate surface area is 174 Å². The Morgan fingerprint density at radius 2 is 2.13 bits per heavy atom. The number of methoxy groups -OCH3 is 1. The molecule has 9 heteroatoms. The molecule has 3 N–H and O–H groups in total. The van der Waals surface area contributed by atoms with Crippen LogP contribution in [-0.2, 0) is 17.7 Å². The van der Waals surface area contributed by atoms with Gasteiger partial charge in [0.1, 0.15) is 36.0 Å². The fourth-order valence-corrected chi connectivity index (χ4v) is 3.40. The van der Waals surface area contributed by atoms with E-state index < -0.39 is 0 Å². The summed E-state index contributed by atoms with van der Waals surface area (Å²) in [6.07, 6.45) is 2.23. The van der Waals surface area contributed by atoms with Gasteiger partial charge >= 0.3 is 0 Å². The number of nitrogens with one attached hydrogen (secondary N) is 1. The highest BCUT2D eigenvalue weighted by Crippen LogP contribution is 2.26. The van der Waals surface area contributed by atoms with Gasteiger partial charge in [0.05, 0.1) is 24.6 Å². The van der Waals surface area contributed by atoms with Crippen molar-refractivity contribution in [2.45, 2.75) is 19.9 Å². The van der Waals surface area contributed by atoms with Crippen molar-refractivity contribution in [3.05, 3.63) is 59.2 Å². The summed E-state index contributed by atoms with van der Waals surface area (Å²) in [5, 5.41) is 8.66. The van der Waals surface area contributed by atoms with Crippen molar-refractivity contribution in [3.8, 4) is 5.75 Å². The summed E-state index contributed by atoms with van der Waals surface area (Å²) in [6.45, 7) is 4.13. The lowest BCUT2D eigenvalue weighted by Gasteiger charge is -2.26. The smallest absolute Gasteiger partial charge is 0.191 e. The number of ether oxygens (including phenoxy) is 2. The molecule has 0 fully saturated rings. The molecule has 3 heterocycles. The largest absolute Gasteiger partial charge is 0.491 e. The Morgan fingerprint density at radius 3 is 2.97 bits per heavy atom. The quantitative estimate of drug-likeness (QED) is 0.347. The van der Waals surface area contributed by atoms with E-state index in [9.17, 15) is 0 Å². The number of hydrogen-bond donors (Lipinski definition) is 2. The maximum Gasteiger partial charge on any atom is 0.191 e. The molecular weight excluding hydrogens is 384 g/mol. The molecule has 0 amide bonds. The summed E-state index contributed by atoms with van der Waals surface area (Å²) in [5.41, 5.74) is 8.80. The third kappa shape index (κ3) is 4.11. The van der Waals surface area contributed by atoms with E-state index in [0.717, 1.165) is 30.2 Å². The van der Waals surface area contributed by atoms with Gasteiger partial charge in [-0.1, -0.05) is 0 Å². The lowest BCUT2D eigenvalue weighted by molar-refractivity contribution is 0.146. The van der Waals surface area contributed by atoms with Crippen LogP contribution >= 0.6 is 0 Å². The van der Waals surface area contributed by atoms with Crippen molar-refractivity contribution in [1.82, 2.24) is 15.0 Å². The average molecular weight is 408 g/mol. The maximum absolute atomic E-state index is 8.66. The van der Waals surface area contributed by atoms with Gasteiger partial charge in [-0.2, -0.15) is 0 Å². The minimum absolute atomic E-state index is 0.211. The van der Waals surface area contributed by atoms with Crippen LogP contribution < -0.4 is 15.4 Å². The van der Waals surface area contributed by atoms with Gasteiger partial charge in [-0.3, -0.25) is 5.41 Å². The number of hydrogen-bond acceptors (Lipinski definition) is 9. The van der Waals surface area contributed by atoms with Gasteiger partial charge in [-0.15, -0.1) is 0 Å². The van der Waals surface area contributed by atoms with Gasteiger partial charge < -0.3 is 24.5 Å². The summed E-state index contributed by atoms with van der Waals surface area (Å²) in [4.78, 5) is 15.2. The van der Waals surface area contributed by atoms with E-state index in [4.69, 9.17) is 25.0 Å². The molecule has 0 saturated carbocycles. The monoisotopic (exact) mass is 408 g/mol. The third-order valence-electron chi connectivity index (χ3n) is 4.92. The normalized spacial score (nSPS) is 13.2. The van der Waals surface area contributed by atoms with Crippen molar-refractivity contribution in [1.29, 1.82) is 5.41 Å². The zero-order valence-electron chi connectivity index (χ0n) is 17.0. The van der Waals surface area contributed by atoms with E-state index >= 15 is 0 Å². The van der Waals surface area contributed by atoms with E-state index in [1.54, 1.807) is 31.4 Å². The van der Waals surface area contributed by atoms with Gasteiger partial charge in [0.25, 0.3) is 0 Å². The van der Waals surface area contributed by atoms with Crippen molar-refractivity contribution in [2.24, 2.45) is 0 Å². The molecule has 30 heavy (non-hydrogen) atoms. The first kappa shape index (κ1) is 19.8. The molecule has 0 bridgehead atoms. The van der Waals surface area contributed by atoms with E-state index in [0.29, 0.717) is 48.3 Å². The Hall–Kier alpha value is -3.46. The number of aryl methyl sites for hydroxylation is 1. The molecule has 3 aromatic rings. The van der Waals surface area contributed by atoms with E-state index in [1.165, 1.54) is 6.33 Å². The fraction of sp³-hybridized carbons (Fsp3) is 0.333. The molecule has 4 rings (SSSR count). The number of fused-ring (bicyclic) bond motifs is 1. The number of rotatable bonds is 7. The number of nitrogen functional groups attached to an aromatic ring is 1. The maximum atomic E-state index is 8.66. The van der Waals surface area contributed by atoms with Crippen LogP contribution in [0.2, 0.25) is 0 Å². The molecule has 1 aliphatic heterocycles. The summed E-state index contributed by atoms with van der Waals surface area (Å²) < 4.78 is 16.3. The second-order valence-corrected chi connectivity index (χ2v) is 7.00. The fourth-order valence-electron chi connectivity index (χ4n) is 3.40. The number of oxazole rings is 1. The summed E-state index contributed by atoms with van der Waals surface area (Å²) in [7, 11) is 1.62. The Kier molecular flexibility index (Phi) is 5.62. The lowest BCUT2D eigenvalue weighted by Crippen LogP contribution is -2.31. The molecule has 0 atom stereocenters. The number of nitrogens with two attached hydrogens (primary N) is 1. The second-order valence-electron chi connectivity index (χ2n) is 7.00. The molecule has 156 valence electrons. The van der Waals surface area contributed by atoms with Crippen LogP contribution in [-0.4, -0.2) is 47.5 Å². The lowest BCUT2D eigenvalue weighted by atomic mass is 10.0. The van der Waals surface area contributed by atoms with Crippen molar-refractivity contribution in [2.75, 3.05) is 37.5 Å². The van der Waals surface area contributed by atoms with E-state index in [2.05, 4.69) is 19.9 Å². The number of nitrogens with zero attached hydrogens (tertiary/aromatic N) is 4. The molecular formula is C21H24N6O3. The molecule has 1 aromatic carbocycles. The highest BCUT2D eigenvalue weighted by atomic mass is 16.5. The Balaban J connectivity index is 1.55. The topological polar surface area (TPSA) is 123 Å².